The van der Waals surface area contributed by atoms with E-state index in [1.807, 2.05) is 24.3 Å². The molecule has 2 heteroatoms. The summed E-state index contributed by atoms with van der Waals surface area (Å²) in [5, 5.41) is 2.40. The van der Waals surface area contributed by atoms with Crippen molar-refractivity contribution in [3.8, 4) is 5.75 Å². The average Bonchev–Trinajstić information content (AvgIpc) is 2.65. The molecule has 2 unspecified atom stereocenters. The monoisotopic (exact) mass is 320 g/mol. The van der Waals surface area contributed by atoms with Crippen LogP contribution >= 0.6 is 0 Å². The summed E-state index contributed by atoms with van der Waals surface area (Å²) in [5.74, 6) is 1.39. The molecule has 0 aliphatic rings. The van der Waals surface area contributed by atoms with Gasteiger partial charge in [0.25, 0.3) is 0 Å². The Morgan fingerprint density at radius 1 is 0.833 bits per heavy atom. The molecule has 0 aromatic heterocycles. The highest BCUT2D eigenvalue weighted by Crippen LogP contribution is 2.27. The summed E-state index contributed by atoms with van der Waals surface area (Å²) in [7, 11) is 1.67. The summed E-state index contributed by atoms with van der Waals surface area (Å²) in [4.78, 5) is 0. The first-order valence-corrected chi connectivity index (χ1v) is 8.49. The zero-order valence-corrected chi connectivity index (χ0v) is 14.5. The first-order valence-electron chi connectivity index (χ1n) is 8.49. The molecule has 0 amide bonds. The number of hydrogen-bond acceptors (Lipinski definition) is 2. The van der Waals surface area contributed by atoms with Gasteiger partial charge in [0.05, 0.1) is 0 Å². The van der Waals surface area contributed by atoms with Gasteiger partial charge in [-0.2, -0.15) is 0 Å². The highest BCUT2D eigenvalue weighted by molar-refractivity contribution is 5.83. The maximum absolute atomic E-state index is 6.04. The molecule has 3 aromatic carbocycles. The number of fused-ring (bicyclic) bond motifs is 1. The number of rotatable bonds is 6. The average molecular weight is 320 g/mol. The van der Waals surface area contributed by atoms with E-state index < -0.39 is 6.29 Å². The molecule has 3 aromatic rings. The maximum atomic E-state index is 6.04. The minimum Gasteiger partial charge on any atom is -0.461 e. The van der Waals surface area contributed by atoms with Crippen LogP contribution in [-0.2, 0) is 4.74 Å². The second-order valence-electron chi connectivity index (χ2n) is 6.17. The Bertz CT molecular complexity index is 792. The van der Waals surface area contributed by atoms with Gasteiger partial charge in [0.15, 0.2) is 0 Å². The number of benzene rings is 3. The van der Waals surface area contributed by atoms with E-state index in [0.717, 1.165) is 17.7 Å². The molecule has 0 bridgehead atoms. The van der Waals surface area contributed by atoms with Crippen LogP contribution in [0.25, 0.3) is 10.8 Å². The molecule has 2 atom stereocenters. The summed E-state index contributed by atoms with van der Waals surface area (Å²) < 4.78 is 11.6. The van der Waals surface area contributed by atoms with Crippen LogP contribution < -0.4 is 4.74 Å². The van der Waals surface area contributed by atoms with Gasteiger partial charge in [-0.3, -0.25) is 0 Å². The molecular formula is C22H24O2. The second-order valence-corrected chi connectivity index (χ2v) is 6.17. The first kappa shape index (κ1) is 16.5. The summed E-state index contributed by atoms with van der Waals surface area (Å²) in [6, 6.07) is 22.9. The van der Waals surface area contributed by atoms with Crippen LogP contribution in [0.2, 0.25) is 0 Å². The Kier molecular flexibility index (Phi) is 5.17. The van der Waals surface area contributed by atoms with E-state index in [9.17, 15) is 0 Å². The number of methoxy groups -OCH3 is 1. The van der Waals surface area contributed by atoms with Crippen molar-refractivity contribution in [2.45, 2.75) is 32.5 Å². The summed E-state index contributed by atoms with van der Waals surface area (Å²) in [6.45, 7) is 4.44. The molecule has 0 heterocycles. The fraction of sp³-hybridized carbons (Fsp3) is 0.273. The Labute approximate surface area is 144 Å². The molecule has 0 aliphatic carbocycles. The van der Waals surface area contributed by atoms with Gasteiger partial charge in [0.2, 0.25) is 6.29 Å². The van der Waals surface area contributed by atoms with Gasteiger partial charge in [0, 0.05) is 12.7 Å². The summed E-state index contributed by atoms with van der Waals surface area (Å²) >= 11 is 0. The normalized spacial score (nSPS) is 13.6. The lowest BCUT2D eigenvalue weighted by molar-refractivity contribution is -0.0561. The Hall–Kier alpha value is -2.32. The zero-order valence-electron chi connectivity index (χ0n) is 14.5. The molecule has 0 radical (unpaired) electrons. The van der Waals surface area contributed by atoms with Crippen LogP contribution in [0.5, 0.6) is 5.75 Å². The summed E-state index contributed by atoms with van der Waals surface area (Å²) in [5.41, 5.74) is 2.35. The van der Waals surface area contributed by atoms with E-state index in [4.69, 9.17) is 9.47 Å². The summed E-state index contributed by atoms with van der Waals surface area (Å²) in [6.07, 6.45) is 0.724. The molecule has 0 spiro atoms. The van der Waals surface area contributed by atoms with Crippen molar-refractivity contribution in [3.63, 3.8) is 0 Å². The van der Waals surface area contributed by atoms with Crippen molar-refractivity contribution in [1.29, 1.82) is 0 Å². The second kappa shape index (κ2) is 7.50. The van der Waals surface area contributed by atoms with Gasteiger partial charge in [-0.25, -0.2) is 0 Å². The van der Waals surface area contributed by atoms with Crippen LogP contribution in [0.3, 0.4) is 0 Å². The Morgan fingerprint density at radius 3 is 2.17 bits per heavy atom. The van der Waals surface area contributed by atoms with Crippen LogP contribution in [0.1, 0.15) is 43.6 Å². The standard InChI is InChI=1S/C22H24O2/c1-4-16(2)17-11-13-21(14-12-17)24-22(23-3)20-10-9-18-7-5-6-8-19(18)15-20/h5-16,22H,4H2,1-3H3. The smallest absolute Gasteiger partial charge is 0.226 e. The van der Waals surface area contributed by atoms with Gasteiger partial charge in [-0.15, -0.1) is 0 Å². The molecular weight excluding hydrogens is 296 g/mol. The van der Waals surface area contributed by atoms with Crippen molar-refractivity contribution in [3.05, 3.63) is 77.9 Å². The third-order valence-corrected chi connectivity index (χ3v) is 4.56. The van der Waals surface area contributed by atoms with E-state index in [-0.39, 0.29) is 0 Å². The molecule has 0 N–H and O–H groups in total. The van der Waals surface area contributed by atoms with Gasteiger partial charge >= 0.3 is 0 Å². The van der Waals surface area contributed by atoms with Crippen molar-refractivity contribution < 1.29 is 9.47 Å². The van der Waals surface area contributed by atoms with E-state index in [2.05, 4.69) is 56.3 Å². The molecule has 0 fully saturated rings. The van der Waals surface area contributed by atoms with Gasteiger partial charge < -0.3 is 9.47 Å². The fourth-order valence-corrected chi connectivity index (χ4v) is 2.84. The fourth-order valence-electron chi connectivity index (χ4n) is 2.84. The molecule has 0 saturated heterocycles. The van der Waals surface area contributed by atoms with E-state index >= 15 is 0 Å². The molecule has 0 saturated carbocycles. The van der Waals surface area contributed by atoms with Gasteiger partial charge in [-0.05, 0) is 46.9 Å². The van der Waals surface area contributed by atoms with E-state index in [1.165, 1.54) is 16.3 Å². The number of ether oxygens (including phenoxy) is 2. The number of hydrogen-bond donors (Lipinski definition) is 0. The minimum atomic E-state index is -0.413. The highest BCUT2D eigenvalue weighted by atomic mass is 16.7. The third-order valence-electron chi connectivity index (χ3n) is 4.56. The largest absolute Gasteiger partial charge is 0.461 e. The van der Waals surface area contributed by atoms with Crippen molar-refractivity contribution in [2.75, 3.05) is 7.11 Å². The van der Waals surface area contributed by atoms with Crippen molar-refractivity contribution >= 4 is 10.8 Å². The zero-order chi connectivity index (χ0) is 16.9. The van der Waals surface area contributed by atoms with Gasteiger partial charge in [-0.1, -0.05) is 62.4 Å². The lowest BCUT2D eigenvalue weighted by atomic mass is 9.99. The van der Waals surface area contributed by atoms with E-state index in [0.29, 0.717) is 5.92 Å². The molecule has 124 valence electrons. The molecule has 0 aliphatic heterocycles. The third kappa shape index (κ3) is 3.60. The van der Waals surface area contributed by atoms with Crippen LogP contribution in [0.4, 0.5) is 0 Å². The van der Waals surface area contributed by atoms with Gasteiger partial charge in [0.1, 0.15) is 5.75 Å². The Balaban J connectivity index is 1.80. The first-order chi connectivity index (χ1) is 11.7. The quantitative estimate of drug-likeness (QED) is 0.513. The molecule has 3 rings (SSSR count). The highest BCUT2D eigenvalue weighted by Gasteiger charge is 2.13. The predicted molar refractivity (Wildman–Crippen MR) is 99.5 cm³/mol. The predicted octanol–water partition coefficient (Wildman–Crippen LogP) is 6.08. The maximum Gasteiger partial charge on any atom is 0.226 e. The lowest BCUT2D eigenvalue weighted by Crippen LogP contribution is -2.09. The molecule has 2 nitrogen and oxygen atoms in total. The van der Waals surface area contributed by atoms with Crippen LogP contribution in [0.15, 0.2) is 66.7 Å². The van der Waals surface area contributed by atoms with Crippen LogP contribution in [0, 0.1) is 0 Å². The van der Waals surface area contributed by atoms with Crippen LogP contribution in [-0.4, -0.2) is 7.11 Å². The minimum absolute atomic E-state index is 0.413. The Morgan fingerprint density at radius 2 is 1.50 bits per heavy atom. The molecule has 24 heavy (non-hydrogen) atoms. The van der Waals surface area contributed by atoms with E-state index in [1.54, 1.807) is 7.11 Å². The van der Waals surface area contributed by atoms with Crippen molar-refractivity contribution in [2.24, 2.45) is 0 Å². The topological polar surface area (TPSA) is 18.5 Å². The van der Waals surface area contributed by atoms with Crippen molar-refractivity contribution in [1.82, 2.24) is 0 Å². The lowest BCUT2D eigenvalue weighted by Gasteiger charge is -2.19. The SMILES string of the molecule is CCC(C)c1ccc(OC(OC)c2ccc3ccccc3c2)cc1.